The first kappa shape index (κ1) is 10.3. The Morgan fingerprint density at radius 2 is 2.23 bits per heavy atom. The van der Waals surface area contributed by atoms with Crippen molar-refractivity contribution in [2.45, 2.75) is 39.2 Å². The van der Waals surface area contributed by atoms with Gasteiger partial charge in [0, 0.05) is 23.9 Å². The quantitative estimate of drug-likeness (QED) is 0.765. The number of aromatic nitrogens is 2. The minimum atomic E-state index is 0.140. The van der Waals surface area contributed by atoms with E-state index in [-0.39, 0.29) is 5.41 Å². The Morgan fingerprint density at radius 1 is 1.54 bits per heavy atom. The van der Waals surface area contributed by atoms with Crippen LogP contribution in [0, 0.1) is 0 Å². The average molecular weight is 181 g/mol. The van der Waals surface area contributed by atoms with Crippen LogP contribution >= 0.6 is 0 Å². The van der Waals surface area contributed by atoms with Crippen LogP contribution in [0.15, 0.2) is 12.5 Å². The number of hydrogen-bond acceptors (Lipinski definition) is 2. The highest BCUT2D eigenvalue weighted by molar-refractivity contribution is 5.12. The molecule has 0 spiro atoms. The number of rotatable bonds is 4. The van der Waals surface area contributed by atoms with E-state index >= 15 is 0 Å². The fourth-order valence-corrected chi connectivity index (χ4v) is 1.63. The summed E-state index contributed by atoms with van der Waals surface area (Å²) in [6, 6.07) is 0. The molecule has 1 aromatic rings. The molecule has 0 atom stereocenters. The van der Waals surface area contributed by atoms with Gasteiger partial charge in [-0.3, -0.25) is 0 Å². The Morgan fingerprint density at radius 3 is 2.77 bits per heavy atom. The Labute approximate surface area is 80.0 Å². The molecule has 0 aromatic carbocycles. The topological polar surface area (TPSA) is 43.8 Å². The zero-order chi connectivity index (χ0) is 9.90. The fourth-order valence-electron chi connectivity index (χ4n) is 1.63. The highest BCUT2D eigenvalue weighted by Gasteiger charge is 2.22. The third-order valence-corrected chi connectivity index (χ3v) is 2.52. The molecule has 0 aliphatic rings. The molecular weight excluding hydrogens is 162 g/mol. The van der Waals surface area contributed by atoms with Gasteiger partial charge in [-0.05, 0) is 19.9 Å². The summed E-state index contributed by atoms with van der Waals surface area (Å²) >= 11 is 0. The zero-order valence-electron chi connectivity index (χ0n) is 8.75. The first-order valence-corrected chi connectivity index (χ1v) is 4.82. The van der Waals surface area contributed by atoms with Crippen LogP contribution in [0.5, 0.6) is 0 Å². The number of aryl methyl sites for hydroxylation is 1. The van der Waals surface area contributed by atoms with Crippen molar-refractivity contribution in [1.82, 2.24) is 9.55 Å². The maximum atomic E-state index is 5.58. The van der Waals surface area contributed by atoms with Crippen LogP contribution < -0.4 is 5.73 Å². The maximum Gasteiger partial charge on any atom is 0.0948 e. The average Bonchev–Trinajstić information content (AvgIpc) is 2.51. The van der Waals surface area contributed by atoms with E-state index < -0.39 is 0 Å². The smallest absolute Gasteiger partial charge is 0.0948 e. The van der Waals surface area contributed by atoms with Gasteiger partial charge in [-0.1, -0.05) is 13.8 Å². The molecule has 0 unspecified atom stereocenters. The third-order valence-electron chi connectivity index (χ3n) is 2.52. The standard InChI is InChI=1S/C10H19N3/c1-4-13-8-12-7-9(13)10(2,3)5-6-11/h7-8H,4-6,11H2,1-3H3. The number of imidazole rings is 1. The Kier molecular flexibility index (Phi) is 3.09. The largest absolute Gasteiger partial charge is 0.334 e. The lowest BCUT2D eigenvalue weighted by Crippen LogP contribution is -2.24. The second kappa shape index (κ2) is 3.92. The van der Waals surface area contributed by atoms with E-state index in [4.69, 9.17) is 5.73 Å². The number of hydrogen-bond donors (Lipinski definition) is 1. The van der Waals surface area contributed by atoms with Gasteiger partial charge < -0.3 is 10.3 Å². The summed E-state index contributed by atoms with van der Waals surface area (Å²) in [6.07, 6.45) is 4.82. The van der Waals surface area contributed by atoms with Gasteiger partial charge in [0.1, 0.15) is 0 Å². The summed E-state index contributed by atoms with van der Waals surface area (Å²) in [5.74, 6) is 0. The molecule has 0 saturated heterocycles. The van der Waals surface area contributed by atoms with Crippen molar-refractivity contribution in [2.75, 3.05) is 6.54 Å². The van der Waals surface area contributed by atoms with Crippen LogP contribution in [0.1, 0.15) is 32.9 Å². The predicted octanol–water partition coefficient (Wildman–Crippen LogP) is 1.53. The molecule has 0 aliphatic carbocycles. The van der Waals surface area contributed by atoms with Gasteiger partial charge in [0.15, 0.2) is 0 Å². The fraction of sp³-hybridized carbons (Fsp3) is 0.700. The Hall–Kier alpha value is -0.830. The van der Waals surface area contributed by atoms with Crippen molar-refractivity contribution in [3.8, 4) is 0 Å². The molecule has 3 heteroatoms. The van der Waals surface area contributed by atoms with Crippen LogP contribution in [0.3, 0.4) is 0 Å². The number of nitrogens with zero attached hydrogens (tertiary/aromatic N) is 2. The molecule has 0 bridgehead atoms. The van der Waals surface area contributed by atoms with Crippen LogP contribution in [0.25, 0.3) is 0 Å². The third kappa shape index (κ3) is 2.10. The molecule has 0 amide bonds. The monoisotopic (exact) mass is 181 g/mol. The van der Waals surface area contributed by atoms with Crippen molar-refractivity contribution in [2.24, 2.45) is 5.73 Å². The maximum absolute atomic E-state index is 5.58. The summed E-state index contributed by atoms with van der Waals surface area (Å²) in [4.78, 5) is 4.16. The first-order chi connectivity index (χ1) is 6.11. The second-order valence-electron chi connectivity index (χ2n) is 3.99. The van der Waals surface area contributed by atoms with Crippen molar-refractivity contribution in [3.63, 3.8) is 0 Å². The minimum Gasteiger partial charge on any atom is -0.334 e. The van der Waals surface area contributed by atoms with E-state index in [9.17, 15) is 0 Å². The SMILES string of the molecule is CCn1cncc1C(C)(C)CCN. The van der Waals surface area contributed by atoms with E-state index in [0.717, 1.165) is 19.5 Å². The van der Waals surface area contributed by atoms with Gasteiger partial charge in [-0.25, -0.2) is 4.98 Å². The summed E-state index contributed by atoms with van der Waals surface area (Å²) in [5.41, 5.74) is 7.00. The van der Waals surface area contributed by atoms with E-state index in [2.05, 4.69) is 30.3 Å². The second-order valence-corrected chi connectivity index (χ2v) is 3.99. The molecule has 1 heterocycles. The Bertz CT molecular complexity index is 263. The Balaban J connectivity index is 2.91. The molecule has 2 N–H and O–H groups in total. The lowest BCUT2D eigenvalue weighted by molar-refractivity contribution is 0.449. The molecule has 3 nitrogen and oxygen atoms in total. The molecule has 13 heavy (non-hydrogen) atoms. The van der Waals surface area contributed by atoms with Crippen molar-refractivity contribution < 1.29 is 0 Å². The summed E-state index contributed by atoms with van der Waals surface area (Å²) in [5, 5.41) is 0. The predicted molar refractivity (Wildman–Crippen MR) is 54.6 cm³/mol. The van der Waals surface area contributed by atoms with Crippen LogP contribution in [0.4, 0.5) is 0 Å². The molecule has 0 fully saturated rings. The van der Waals surface area contributed by atoms with E-state index in [0.29, 0.717) is 0 Å². The number of nitrogens with two attached hydrogens (primary N) is 1. The van der Waals surface area contributed by atoms with Crippen LogP contribution in [-0.2, 0) is 12.0 Å². The first-order valence-electron chi connectivity index (χ1n) is 4.82. The van der Waals surface area contributed by atoms with Gasteiger partial charge in [-0.2, -0.15) is 0 Å². The van der Waals surface area contributed by atoms with Crippen LogP contribution in [0.2, 0.25) is 0 Å². The highest BCUT2D eigenvalue weighted by Crippen LogP contribution is 2.25. The molecule has 0 saturated carbocycles. The van der Waals surface area contributed by atoms with Crippen molar-refractivity contribution in [1.29, 1.82) is 0 Å². The molecule has 0 radical (unpaired) electrons. The van der Waals surface area contributed by atoms with Gasteiger partial charge in [0.25, 0.3) is 0 Å². The highest BCUT2D eigenvalue weighted by atomic mass is 15.0. The molecular formula is C10H19N3. The molecule has 1 aromatic heterocycles. The summed E-state index contributed by atoms with van der Waals surface area (Å²) < 4.78 is 2.18. The normalized spacial score (nSPS) is 12.0. The van der Waals surface area contributed by atoms with Crippen LogP contribution in [-0.4, -0.2) is 16.1 Å². The van der Waals surface area contributed by atoms with Gasteiger partial charge in [-0.15, -0.1) is 0 Å². The zero-order valence-corrected chi connectivity index (χ0v) is 8.75. The van der Waals surface area contributed by atoms with E-state index in [1.807, 2.05) is 12.5 Å². The van der Waals surface area contributed by atoms with Gasteiger partial charge in [0.2, 0.25) is 0 Å². The lowest BCUT2D eigenvalue weighted by Gasteiger charge is -2.24. The van der Waals surface area contributed by atoms with Crippen molar-refractivity contribution in [3.05, 3.63) is 18.2 Å². The van der Waals surface area contributed by atoms with Crippen molar-refractivity contribution >= 4 is 0 Å². The van der Waals surface area contributed by atoms with Gasteiger partial charge in [0.05, 0.1) is 6.33 Å². The molecule has 0 aliphatic heterocycles. The van der Waals surface area contributed by atoms with E-state index in [1.165, 1.54) is 5.69 Å². The van der Waals surface area contributed by atoms with Gasteiger partial charge >= 0.3 is 0 Å². The summed E-state index contributed by atoms with van der Waals surface area (Å²) in [7, 11) is 0. The lowest BCUT2D eigenvalue weighted by atomic mass is 9.86. The van der Waals surface area contributed by atoms with E-state index in [1.54, 1.807) is 0 Å². The summed E-state index contributed by atoms with van der Waals surface area (Å²) in [6.45, 7) is 8.25. The minimum absolute atomic E-state index is 0.140. The molecule has 1 rings (SSSR count). The molecule has 74 valence electrons.